The zero-order chi connectivity index (χ0) is 21.9. The van der Waals surface area contributed by atoms with E-state index in [2.05, 4.69) is 22.4 Å². The van der Waals surface area contributed by atoms with Crippen molar-refractivity contribution in [3.63, 3.8) is 0 Å². The average molecular weight is 411 g/mol. The van der Waals surface area contributed by atoms with Crippen LogP contribution in [0.3, 0.4) is 0 Å². The first-order chi connectivity index (χ1) is 14.5. The predicted molar refractivity (Wildman–Crippen MR) is 114 cm³/mol. The second-order valence-electron chi connectivity index (χ2n) is 6.13. The standard InChI is InChI=1S/C22H25N3O5/c1-4-8-16-11-15(12-19(21(16)27)30-5-2)13-24-25-20(26)14-23-22(28)17-9-6-7-10-18(17)29-3/h4,6-7,9-13,27H,1,5,8,14H2,2-3H3,(H,23,28)(H,25,26). The highest BCUT2D eigenvalue weighted by atomic mass is 16.5. The van der Waals surface area contributed by atoms with Gasteiger partial charge in [-0.05, 0) is 43.2 Å². The molecule has 0 aromatic heterocycles. The van der Waals surface area contributed by atoms with Gasteiger partial charge in [0.1, 0.15) is 5.75 Å². The zero-order valence-corrected chi connectivity index (χ0v) is 17.0. The van der Waals surface area contributed by atoms with Crippen molar-refractivity contribution in [2.45, 2.75) is 13.3 Å². The summed E-state index contributed by atoms with van der Waals surface area (Å²) in [6.45, 7) is 5.62. The monoisotopic (exact) mass is 411 g/mol. The Hall–Kier alpha value is -3.81. The van der Waals surface area contributed by atoms with E-state index in [-0.39, 0.29) is 12.3 Å². The summed E-state index contributed by atoms with van der Waals surface area (Å²) in [4.78, 5) is 24.2. The van der Waals surface area contributed by atoms with Gasteiger partial charge in [-0.2, -0.15) is 5.10 Å². The summed E-state index contributed by atoms with van der Waals surface area (Å²) in [5.41, 5.74) is 3.94. The lowest BCUT2D eigenvalue weighted by Gasteiger charge is -2.11. The largest absolute Gasteiger partial charge is 0.504 e. The molecule has 0 unspecified atom stereocenters. The molecule has 3 N–H and O–H groups in total. The number of carbonyl (C=O) groups is 2. The molecule has 0 atom stereocenters. The van der Waals surface area contributed by atoms with Crippen LogP contribution in [0.2, 0.25) is 0 Å². The van der Waals surface area contributed by atoms with E-state index in [1.54, 1.807) is 42.5 Å². The van der Waals surface area contributed by atoms with Gasteiger partial charge in [0.15, 0.2) is 11.5 Å². The lowest BCUT2D eigenvalue weighted by Crippen LogP contribution is -2.35. The number of nitrogens with one attached hydrogen (secondary N) is 2. The quantitative estimate of drug-likeness (QED) is 0.316. The van der Waals surface area contributed by atoms with Crippen molar-refractivity contribution in [1.29, 1.82) is 0 Å². The molecule has 2 amide bonds. The molecule has 8 nitrogen and oxygen atoms in total. The summed E-state index contributed by atoms with van der Waals surface area (Å²) in [6, 6.07) is 10.1. The number of rotatable bonds is 10. The van der Waals surface area contributed by atoms with Crippen LogP contribution in [0.1, 0.15) is 28.4 Å². The Labute approximate surface area is 175 Å². The third-order valence-electron chi connectivity index (χ3n) is 4.00. The Bertz CT molecular complexity index is 940. The van der Waals surface area contributed by atoms with Gasteiger partial charge in [-0.3, -0.25) is 9.59 Å². The molecule has 0 aliphatic heterocycles. The number of allylic oxidation sites excluding steroid dienone is 1. The number of hydrogen-bond acceptors (Lipinski definition) is 6. The number of hydrazone groups is 1. The first kappa shape index (κ1) is 22.5. The molecule has 158 valence electrons. The summed E-state index contributed by atoms with van der Waals surface area (Å²) >= 11 is 0. The van der Waals surface area contributed by atoms with Crippen molar-refractivity contribution in [3.8, 4) is 17.2 Å². The van der Waals surface area contributed by atoms with Crippen LogP contribution in [0, 0.1) is 0 Å². The molecule has 30 heavy (non-hydrogen) atoms. The zero-order valence-electron chi connectivity index (χ0n) is 17.0. The Kier molecular flexibility index (Phi) is 8.43. The maximum Gasteiger partial charge on any atom is 0.259 e. The van der Waals surface area contributed by atoms with Crippen molar-refractivity contribution in [2.75, 3.05) is 20.3 Å². The fourth-order valence-corrected chi connectivity index (χ4v) is 2.65. The summed E-state index contributed by atoms with van der Waals surface area (Å²) in [5, 5.41) is 16.6. The number of para-hydroxylation sites is 1. The molecule has 8 heteroatoms. The maximum absolute atomic E-state index is 12.2. The van der Waals surface area contributed by atoms with Gasteiger partial charge in [0.05, 0.1) is 32.0 Å². The van der Waals surface area contributed by atoms with Crippen LogP contribution < -0.4 is 20.2 Å². The smallest absolute Gasteiger partial charge is 0.259 e. The van der Waals surface area contributed by atoms with Crippen LogP contribution in [-0.2, 0) is 11.2 Å². The third kappa shape index (κ3) is 6.10. The number of hydrogen-bond donors (Lipinski definition) is 3. The average Bonchev–Trinajstić information content (AvgIpc) is 2.75. The number of nitrogens with zero attached hydrogens (tertiary/aromatic N) is 1. The predicted octanol–water partition coefficient (Wildman–Crippen LogP) is 2.41. The van der Waals surface area contributed by atoms with Crippen LogP contribution in [0.5, 0.6) is 17.2 Å². The molecule has 2 aromatic rings. The number of phenols is 1. The minimum atomic E-state index is -0.496. The molecule has 2 rings (SSSR count). The number of carbonyl (C=O) groups excluding carboxylic acids is 2. The molecule has 0 saturated heterocycles. The van der Waals surface area contributed by atoms with E-state index in [0.717, 1.165) is 0 Å². The van der Waals surface area contributed by atoms with E-state index in [4.69, 9.17) is 9.47 Å². The van der Waals surface area contributed by atoms with Gasteiger partial charge in [-0.1, -0.05) is 18.2 Å². The van der Waals surface area contributed by atoms with E-state index in [1.807, 2.05) is 6.92 Å². The molecule has 0 spiro atoms. The van der Waals surface area contributed by atoms with Crippen molar-refractivity contribution >= 4 is 18.0 Å². The lowest BCUT2D eigenvalue weighted by atomic mass is 10.1. The van der Waals surface area contributed by atoms with E-state index < -0.39 is 11.8 Å². The molecule has 0 heterocycles. The molecular weight excluding hydrogens is 386 g/mol. The van der Waals surface area contributed by atoms with Crippen LogP contribution in [-0.4, -0.2) is 43.4 Å². The number of aromatic hydroxyl groups is 1. The highest BCUT2D eigenvalue weighted by Gasteiger charge is 2.12. The van der Waals surface area contributed by atoms with Gasteiger partial charge in [0.25, 0.3) is 11.8 Å². The number of ether oxygens (including phenoxy) is 2. The van der Waals surface area contributed by atoms with Gasteiger partial charge < -0.3 is 19.9 Å². The number of benzene rings is 2. The van der Waals surface area contributed by atoms with Crippen molar-refractivity contribution in [3.05, 3.63) is 65.7 Å². The first-order valence-electron chi connectivity index (χ1n) is 9.32. The summed E-state index contributed by atoms with van der Waals surface area (Å²) in [7, 11) is 1.47. The molecule has 0 aliphatic carbocycles. The Morgan fingerprint density at radius 3 is 2.70 bits per heavy atom. The molecule has 0 fully saturated rings. The molecular formula is C22H25N3O5. The molecule has 2 aromatic carbocycles. The normalized spacial score (nSPS) is 10.5. The van der Waals surface area contributed by atoms with E-state index >= 15 is 0 Å². The Morgan fingerprint density at radius 2 is 2.00 bits per heavy atom. The summed E-state index contributed by atoms with van der Waals surface area (Å²) in [6.07, 6.45) is 3.54. The molecule has 0 radical (unpaired) electrons. The second-order valence-corrected chi connectivity index (χ2v) is 6.13. The summed E-state index contributed by atoms with van der Waals surface area (Å²) < 4.78 is 10.6. The highest BCUT2D eigenvalue weighted by Crippen LogP contribution is 2.31. The minimum absolute atomic E-state index is 0.0528. The van der Waals surface area contributed by atoms with Crippen LogP contribution in [0.4, 0.5) is 0 Å². The Morgan fingerprint density at radius 1 is 1.23 bits per heavy atom. The molecule has 0 aliphatic rings. The lowest BCUT2D eigenvalue weighted by molar-refractivity contribution is -0.120. The SMILES string of the molecule is C=CCc1cc(C=NNC(=O)CNC(=O)c2ccccc2OC)cc(OCC)c1O. The maximum atomic E-state index is 12.2. The third-order valence-corrected chi connectivity index (χ3v) is 4.00. The second kappa shape index (κ2) is 11.3. The van der Waals surface area contributed by atoms with Gasteiger partial charge in [0, 0.05) is 5.56 Å². The summed E-state index contributed by atoms with van der Waals surface area (Å²) in [5.74, 6) is -0.128. The number of amides is 2. The van der Waals surface area contributed by atoms with Gasteiger partial charge in [0.2, 0.25) is 0 Å². The van der Waals surface area contributed by atoms with Crippen LogP contribution >= 0.6 is 0 Å². The van der Waals surface area contributed by atoms with E-state index in [9.17, 15) is 14.7 Å². The first-order valence-corrected chi connectivity index (χ1v) is 9.32. The number of phenolic OH excluding ortho intramolecular Hbond substituents is 1. The minimum Gasteiger partial charge on any atom is -0.504 e. The van der Waals surface area contributed by atoms with E-state index in [1.165, 1.54) is 13.3 Å². The van der Waals surface area contributed by atoms with Gasteiger partial charge in [-0.15, -0.1) is 6.58 Å². The Balaban J connectivity index is 1.97. The highest BCUT2D eigenvalue weighted by molar-refractivity contribution is 5.98. The van der Waals surface area contributed by atoms with Gasteiger partial charge >= 0.3 is 0 Å². The molecule has 0 bridgehead atoms. The van der Waals surface area contributed by atoms with Crippen molar-refractivity contribution in [2.24, 2.45) is 5.10 Å². The van der Waals surface area contributed by atoms with Crippen molar-refractivity contribution < 1.29 is 24.2 Å². The molecule has 0 saturated carbocycles. The van der Waals surface area contributed by atoms with Crippen LogP contribution in [0.25, 0.3) is 0 Å². The van der Waals surface area contributed by atoms with E-state index in [0.29, 0.717) is 41.2 Å². The number of methoxy groups -OCH3 is 1. The van der Waals surface area contributed by atoms with Gasteiger partial charge in [-0.25, -0.2) is 5.43 Å². The van der Waals surface area contributed by atoms with Crippen LogP contribution in [0.15, 0.2) is 54.2 Å². The topological polar surface area (TPSA) is 109 Å². The fraction of sp³-hybridized carbons (Fsp3) is 0.227. The van der Waals surface area contributed by atoms with Crippen molar-refractivity contribution in [1.82, 2.24) is 10.7 Å². The fourth-order valence-electron chi connectivity index (χ4n) is 2.65.